The minimum absolute atomic E-state index is 0. The average molecular weight is 559 g/mol. The van der Waals surface area contributed by atoms with Crippen LogP contribution in [0.1, 0.15) is 18.2 Å². The van der Waals surface area contributed by atoms with Crippen molar-refractivity contribution < 1.29 is 67.2 Å². The van der Waals surface area contributed by atoms with Crippen molar-refractivity contribution in [3.05, 3.63) is 44.9 Å². The molecule has 2 rings (SSSR count). The number of nitrogens with zero attached hydrogens (tertiary/aromatic N) is 1. The summed E-state index contributed by atoms with van der Waals surface area (Å²) in [6.07, 6.45) is -0.0828. The number of nitrogens with one attached hydrogen (secondary N) is 1. The van der Waals surface area contributed by atoms with Crippen molar-refractivity contribution in [3.63, 3.8) is 0 Å². The molecule has 1 fully saturated rings. The number of hydrogen-bond acceptors (Lipinski definition) is 11. The van der Waals surface area contributed by atoms with Crippen LogP contribution in [0.5, 0.6) is 0 Å². The molecule has 1 aliphatic rings. The third-order valence-corrected chi connectivity index (χ3v) is 7.65. The average Bonchev–Trinajstić information content (AvgIpc) is 2.97. The van der Waals surface area contributed by atoms with Gasteiger partial charge in [0.1, 0.15) is 12.3 Å². The molecule has 2 heterocycles. The van der Waals surface area contributed by atoms with Crippen LogP contribution in [0.3, 0.4) is 0 Å². The molecular formula is C12H24N3O16P3. The Morgan fingerprint density at radius 3 is 2.32 bits per heavy atom. The van der Waals surface area contributed by atoms with E-state index in [-0.39, 0.29) is 29.4 Å². The Kier molecular flexibility index (Phi) is 11.9. The van der Waals surface area contributed by atoms with Crippen molar-refractivity contribution >= 4 is 23.5 Å². The number of aliphatic hydroxyl groups excluding tert-OH is 1. The van der Waals surface area contributed by atoms with Gasteiger partial charge in [0.25, 0.3) is 5.56 Å². The number of aromatic amines is 1. The topological polar surface area (TPSA) is 333 Å². The van der Waals surface area contributed by atoms with E-state index >= 15 is 0 Å². The molecule has 1 aliphatic heterocycles. The van der Waals surface area contributed by atoms with E-state index in [1.165, 1.54) is 18.5 Å². The highest BCUT2D eigenvalue weighted by molar-refractivity contribution is 7.66. The van der Waals surface area contributed by atoms with Crippen molar-refractivity contribution in [2.75, 3.05) is 6.61 Å². The second kappa shape index (κ2) is 12.4. The second-order valence-corrected chi connectivity index (χ2v) is 10.7. The normalized spacial score (nSPS) is 24.1. The molecule has 34 heavy (non-hydrogen) atoms. The van der Waals surface area contributed by atoms with E-state index < -0.39 is 59.8 Å². The maximum absolute atomic E-state index is 12.1. The number of nitrogens with two attached hydrogens (primary N) is 1. The van der Waals surface area contributed by atoms with Gasteiger partial charge in [-0.15, -0.1) is 0 Å². The van der Waals surface area contributed by atoms with E-state index in [2.05, 4.69) is 18.1 Å². The van der Waals surface area contributed by atoms with Crippen molar-refractivity contribution in [2.24, 2.45) is 5.73 Å². The zero-order chi connectivity index (χ0) is 24.3. The standard InChI is InChI=1S/C12H20N3O14P3.2H2O/c13-3-1-2-7-5-15(12(18)14-11(7)17)10-4-8(16)9(27-10)6-26-31(22,23)29-32(24,25)28-30(19,20)21;;/h1,3,5,8-10,16H,2,4,6,13H2,(H,22,23)(H,24,25)(H,14,17,18)(H2,19,20,21);2*1H2/t8-,9+,10+;;/m0../s1. The number of allylic oxidation sites excluding steroid dienone is 1. The van der Waals surface area contributed by atoms with Gasteiger partial charge in [-0.2, -0.15) is 8.62 Å². The molecule has 0 saturated carbocycles. The summed E-state index contributed by atoms with van der Waals surface area (Å²) in [5.74, 6) is 0. The largest absolute Gasteiger partial charge is 0.490 e. The van der Waals surface area contributed by atoms with E-state index in [0.29, 0.717) is 0 Å². The smallest absolute Gasteiger partial charge is 0.412 e. The minimum Gasteiger partial charge on any atom is -0.412 e. The van der Waals surface area contributed by atoms with E-state index in [9.17, 15) is 33.3 Å². The number of phosphoric ester groups is 1. The molecule has 12 N–H and O–H groups in total. The molecule has 22 heteroatoms. The van der Waals surface area contributed by atoms with Gasteiger partial charge in [0.05, 0.1) is 12.7 Å². The Labute approximate surface area is 189 Å². The first-order valence-electron chi connectivity index (χ1n) is 8.45. The predicted octanol–water partition coefficient (Wildman–Crippen LogP) is -3.11. The van der Waals surface area contributed by atoms with Gasteiger partial charge in [-0.05, 0) is 12.6 Å². The number of aliphatic hydroxyl groups is 1. The highest BCUT2D eigenvalue weighted by Gasteiger charge is 2.43. The van der Waals surface area contributed by atoms with Gasteiger partial charge in [0, 0.05) is 18.2 Å². The van der Waals surface area contributed by atoms with Gasteiger partial charge in [-0.1, -0.05) is 6.08 Å². The minimum atomic E-state index is -5.70. The third-order valence-electron chi connectivity index (χ3n) is 3.85. The van der Waals surface area contributed by atoms with Crippen molar-refractivity contribution in [2.45, 2.75) is 31.3 Å². The zero-order valence-electron chi connectivity index (χ0n) is 16.9. The van der Waals surface area contributed by atoms with Gasteiger partial charge < -0.3 is 46.1 Å². The summed E-state index contributed by atoms with van der Waals surface area (Å²) in [6.45, 7) is -0.901. The predicted molar refractivity (Wildman–Crippen MR) is 110 cm³/mol. The molecule has 5 atom stereocenters. The Morgan fingerprint density at radius 2 is 1.76 bits per heavy atom. The quantitative estimate of drug-likeness (QED) is 0.140. The Bertz CT molecular complexity index is 1110. The van der Waals surface area contributed by atoms with Crippen LogP contribution in [0.4, 0.5) is 0 Å². The SMILES string of the molecule is NC=CCc1cn([C@H]2C[C@H](O)[C@@H](COP(=O)(O)OP(=O)(O)OP(=O)(O)O)O2)c(=O)[nH]c1=O.O.O. The summed E-state index contributed by atoms with van der Waals surface area (Å²) in [7, 11) is -16.7. The molecule has 2 unspecified atom stereocenters. The van der Waals surface area contributed by atoms with Crippen LogP contribution in [0.2, 0.25) is 0 Å². The zero-order valence-corrected chi connectivity index (χ0v) is 19.5. The fraction of sp³-hybridized carbons (Fsp3) is 0.500. The van der Waals surface area contributed by atoms with Crippen LogP contribution < -0.4 is 17.0 Å². The van der Waals surface area contributed by atoms with Crippen LogP contribution in [0.25, 0.3) is 0 Å². The molecule has 198 valence electrons. The number of ether oxygens (including phenoxy) is 1. The van der Waals surface area contributed by atoms with E-state index in [1.54, 1.807) is 0 Å². The van der Waals surface area contributed by atoms with Crippen LogP contribution in [-0.2, 0) is 38.0 Å². The number of hydrogen-bond donors (Lipinski definition) is 7. The Balaban J connectivity index is 0.00000544. The Hall–Kier alpha value is -1.53. The number of H-pyrrole nitrogens is 1. The summed E-state index contributed by atoms with van der Waals surface area (Å²) in [5.41, 5.74) is 3.86. The van der Waals surface area contributed by atoms with Gasteiger partial charge in [-0.3, -0.25) is 18.9 Å². The fourth-order valence-corrected chi connectivity index (χ4v) is 5.62. The summed E-state index contributed by atoms with van der Waals surface area (Å²) in [5, 5.41) is 10.1. The van der Waals surface area contributed by atoms with Crippen LogP contribution in [0, 0.1) is 0 Å². The van der Waals surface area contributed by atoms with Gasteiger partial charge in [-0.25, -0.2) is 18.5 Å². The molecule has 19 nitrogen and oxygen atoms in total. The van der Waals surface area contributed by atoms with Gasteiger partial charge >= 0.3 is 29.2 Å². The molecule has 0 aromatic carbocycles. The fourth-order valence-electron chi connectivity index (χ4n) is 2.59. The van der Waals surface area contributed by atoms with Crippen molar-refractivity contribution in [1.82, 2.24) is 9.55 Å². The Morgan fingerprint density at radius 1 is 1.15 bits per heavy atom. The molecule has 0 spiro atoms. The second-order valence-electron chi connectivity index (χ2n) is 6.27. The third kappa shape index (κ3) is 9.61. The maximum Gasteiger partial charge on any atom is 0.490 e. The highest BCUT2D eigenvalue weighted by atomic mass is 31.3. The lowest BCUT2D eigenvalue weighted by atomic mass is 10.2. The number of aromatic nitrogens is 2. The molecule has 0 amide bonds. The summed E-state index contributed by atoms with van der Waals surface area (Å²) >= 11 is 0. The van der Waals surface area contributed by atoms with E-state index in [4.69, 9.17) is 25.2 Å². The molecule has 1 saturated heterocycles. The van der Waals surface area contributed by atoms with Crippen molar-refractivity contribution in [1.29, 1.82) is 0 Å². The molecule has 0 bridgehead atoms. The van der Waals surface area contributed by atoms with E-state index in [0.717, 1.165) is 4.57 Å². The summed E-state index contributed by atoms with van der Waals surface area (Å²) in [4.78, 5) is 61.5. The number of rotatable bonds is 10. The molecule has 0 aliphatic carbocycles. The first-order chi connectivity index (χ1) is 14.6. The van der Waals surface area contributed by atoms with Gasteiger partial charge in [0.2, 0.25) is 0 Å². The monoisotopic (exact) mass is 559 g/mol. The number of phosphoric acid groups is 3. The van der Waals surface area contributed by atoms with Crippen molar-refractivity contribution in [3.8, 4) is 0 Å². The lowest BCUT2D eigenvalue weighted by Crippen LogP contribution is -2.34. The molecule has 1 aromatic heterocycles. The first-order valence-corrected chi connectivity index (χ1v) is 13.0. The van der Waals surface area contributed by atoms with Crippen LogP contribution in [0.15, 0.2) is 28.1 Å². The highest BCUT2D eigenvalue weighted by Crippen LogP contribution is 2.66. The van der Waals surface area contributed by atoms with Crippen LogP contribution in [-0.4, -0.2) is 64.0 Å². The lowest BCUT2D eigenvalue weighted by molar-refractivity contribution is -0.0450. The van der Waals surface area contributed by atoms with Crippen LogP contribution >= 0.6 is 23.5 Å². The van der Waals surface area contributed by atoms with Gasteiger partial charge in [0.15, 0.2) is 0 Å². The lowest BCUT2D eigenvalue weighted by Gasteiger charge is -2.19. The maximum atomic E-state index is 12.1. The summed E-state index contributed by atoms with van der Waals surface area (Å²) in [6, 6.07) is 0. The molecule has 1 aromatic rings. The van der Waals surface area contributed by atoms with E-state index in [1.807, 2.05) is 0 Å². The first kappa shape index (κ1) is 32.5. The molecule has 0 radical (unpaired) electrons. The summed E-state index contributed by atoms with van der Waals surface area (Å²) < 4.78 is 51.6. The molecular weight excluding hydrogens is 535 g/mol.